The number of nitrogens with zero attached hydrogens (tertiary/aromatic N) is 1. The number of halogens is 2. The van der Waals surface area contributed by atoms with Crippen molar-refractivity contribution < 1.29 is 18.3 Å². The first-order valence-corrected chi connectivity index (χ1v) is 6.57. The van der Waals surface area contributed by atoms with Gasteiger partial charge in [-0.15, -0.1) is 0 Å². The lowest BCUT2D eigenvalue weighted by Crippen LogP contribution is -2.38. The van der Waals surface area contributed by atoms with Gasteiger partial charge in [-0.25, -0.2) is 8.78 Å². The zero-order valence-corrected chi connectivity index (χ0v) is 11.3. The zero-order valence-electron chi connectivity index (χ0n) is 11.3. The van der Waals surface area contributed by atoms with E-state index in [1.165, 1.54) is 11.0 Å². The number of rotatable bonds is 1. The Hall–Kier alpha value is -2.43. The molecule has 2 aromatic rings. The molecule has 1 heterocycles. The van der Waals surface area contributed by atoms with Crippen molar-refractivity contribution in [3.05, 3.63) is 59.7 Å². The molecule has 0 saturated carbocycles. The fraction of sp³-hybridized carbons (Fsp3) is 0.188. The topological polar surface area (TPSA) is 29.5 Å². The van der Waals surface area contributed by atoms with Crippen LogP contribution in [0.4, 0.5) is 14.5 Å². The van der Waals surface area contributed by atoms with Gasteiger partial charge in [-0.2, -0.15) is 0 Å². The van der Waals surface area contributed by atoms with Crippen LogP contribution in [-0.4, -0.2) is 12.0 Å². The van der Waals surface area contributed by atoms with Gasteiger partial charge in [0.1, 0.15) is 5.75 Å². The number of hydrogen-bond donors (Lipinski definition) is 0. The van der Waals surface area contributed by atoms with E-state index in [-0.39, 0.29) is 12.5 Å². The molecule has 2 aromatic carbocycles. The van der Waals surface area contributed by atoms with E-state index in [1.54, 1.807) is 13.0 Å². The third kappa shape index (κ3) is 2.46. The third-order valence-electron chi connectivity index (χ3n) is 3.43. The first kappa shape index (κ1) is 13.5. The van der Waals surface area contributed by atoms with Gasteiger partial charge in [0.05, 0.1) is 6.54 Å². The van der Waals surface area contributed by atoms with Gasteiger partial charge in [0, 0.05) is 17.3 Å². The van der Waals surface area contributed by atoms with Gasteiger partial charge < -0.3 is 9.64 Å². The number of carbonyl (C=O) groups is 1. The quantitative estimate of drug-likeness (QED) is 0.806. The van der Waals surface area contributed by atoms with Crippen molar-refractivity contribution in [3.8, 4) is 5.75 Å². The summed E-state index contributed by atoms with van der Waals surface area (Å²) < 4.78 is 32.1. The lowest BCUT2D eigenvalue weighted by Gasteiger charge is -2.22. The minimum Gasteiger partial charge on any atom is -0.481 e. The number of fused-ring (bicyclic) bond motifs is 1. The summed E-state index contributed by atoms with van der Waals surface area (Å²) in [4.78, 5) is 13.8. The summed E-state index contributed by atoms with van der Waals surface area (Å²) in [6.45, 7) is 1.89. The highest BCUT2D eigenvalue weighted by Crippen LogP contribution is 2.29. The number of amides is 1. The van der Waals surface area contributed by atoms with Crippen molar-refractivity contribution in [1.82, 2.24) is 0 Å². The Morgan fingerprint density at radius 3 is 2.67 bits per heavy atom. The summed E-state index contributed by atoms with van der Waals surface area (Å²) >= 11 is 0. The Kier molecular flexibility index (Phi) is 3.33. The molecular formula is C16H13F2NO2. The number of carbonyl (C=O) groups excluding carboxylic acids is 1. The molecule has 0 spiro atoms. The van der Waals surface area contributed by atoms with Crippen LogP contribution in [-0.2, 0) is 11.3 Å². The molecule has 21 heavy (non-hydrogen) atoms. The van der Waals surface area contributed by atoms with Crippen molar-refractivity contribution in [3.63, 3.8) is 0 Å². The van der Waals surface area contributed by atoms with Crippen molar-refractivity contribution in [1.29, 1.82) is 0 Å². The van der Waals surface area contributed by atoms with E-state index in [9.17, 15) is 13.6 Å². The number of ether oxygens (including phenoxy) is 1. The highest BCUT2D eigenvalue weighted by Gasteiger charge is 2.29. The largest absolute Gasteiger partial charge is 0.481 e. The molecule has 0 bridgehead atoms. The maximum atomic E-state index is 13.4. The summed E-state index contributed by atoms with van der Waals surface area (Å²) in [5.41, 5.74) is 1.13. The number of benzene rings is 2. The van der Waals surface area contributed by atoms with Gasteiger partial charge >= 0.3 is 0 Å². The average Bonchev–Trinajstić information content (AvgIpc) is 2.60. The van der Waals surface area contributed by atoms with E-state index in [0.717, 1.165) is 17.7 Å². The standard InChI is InChI=1S/C16H13F2NO2/c1-10-16(20)19(12-6-7-13(17)14(18)8-12)9-11-4-2-3-5-15(11)21-10/h2-8,10H,9H2,1H3/t10-/m1/s1. The summed E-state index contributed by atoms with van der Waals surface area (Å²) in [5, 5.41) is 0. The highest BCUT2D eigenvalue weighted by atomic mass is 19.2. The van der Waals surface area contributed by atoms with Gasteiger partial charge in [0.25, 0.3) is 5.91 Å². The van der Waals surface area contributed by atoms with Crippen molar-refractivity contribution >= 4 is 11.6 Å². The Morgan fingerprint density at radius 1 is 1.14 bits per heavy atom. The Bertz CT molecular complexity index is 702. The molecule has 0 saturated heterocycles. The summed E-state index contributed by atoms with van der Waals surface area (Å²) in [7, 11) is 0. The fourth-order valence-corrected chi connectivity index (χ4v) is 2.33. The molecule has 0 aromatic heterocycles. The monoisotopic (exact) mass is 289 g/mol. The van der Waals surface area contributed by atoms with E-state index >= 15 is 0 Å². The van der Waals surface area contributed by atoms with Crippen LogP contribution < -0.4 is 9.64 Å². The van der Waals surface area contributed by atoms with Gasteiger partial charge in [-0.3, -0.25) is 4.79 Å². The molecular weight excluding hydrogens is 276 g/mol. The summed E-state index contributed by atoms with van der Waals surface area (Å²) in [6.07, 6.45) is -0.693. The van der Waals surface area contributed by atoms with E-state index in [4.69, 9.17) is 4.74 Å². The maximum absolute atomic E-state index is 13.4. The van der Waals surface area contributed by atoms with Gasteiger partial charge in [0.2, 0.25) is 0 Å². The molecule has 108 valence electrons. The molecule has 0 aliphatic carbocycles. The lowest BCUT2D eigenvalue weighted by atomic mass is 10.1. The van der Waals surface area contributed by atoms with Gasteiger partial charge in [0.15, 0.2) is 17.7 Å². The fourth-order valence-electron chi connectivity index (χ4n) is 2.33. The highest BCUT2D eigenvalue weighted by molar-refractivity contribution is 5.97. The van der Waals surface area contributed by atoms with E-state index in [2.05, 4.69) is 0 Å². The Balaban J connectivity index is 2.04. The van der Waals surface area contributed by atoms with Crippen LogP contribution in [0.5, 0.6) is 5.75 Å². The molecule has 1 aliphatic rings. The van der Waals surface area contributed by atoms with Crippen LogP contribution in [0.25, 0.3) is 0 Å². The number of hydrogen-bond acceptors (Lipinski definition) is 2. The van der Waals surface area contributed by atoms with Crippen LogP contribution in [0.2, 0.25) is 0 Å². The summed E-state index contributed by atoms with van der Waals surface area (Å²) in [5.74, 6) is -1.59. The Labute approximate surface area is 120 Å². The predicted molar refractivity (Wildman–Crippen MR) is 74.1 cm³/mol. The second-order valence-electron chi connectivity index (χ2n) is 4.89. The molecule has 1 atom stereocenters. The molecule has 0 fully saturated rings. The third-order valence-corrected chi connectivity index (χ3v) is 3.43. The van der Waals surface area contributed by atoms with Crippen molar-refractivity contribution in [2.45, 2.75) is 19.6 Å². The van der Waals surface area contributed by atoms with Gasteiger partial charge in [-0.05, 0) is 25.1 Å². The smallest absolute Gasteiger partial charge is 0.268 e. The van der Waals surface area contributed by atoms with Crippen LogP contribution in [0.3, 0.4) is 0 Å². The molecule has 1 aliphatic heterocycles. The zero-order chi connectivity index (χ0) is 15.0. The van der Waals surface area contributed by atoms with Crippen LogP contribution in [0.15, 0.2) is 42.5 Å². The molecule has 0 radical (unpaired) electrons. The molecule has 0 unspecified atom stereocenters. The SMILES string of the molecule is C[C@H]1Oc2ccccc2CN(c2ccc(F)c(F)c2)C1=O. The number of para-hydroxylation sites is 1. The number of anilines is 1. The molecule has 3 rings (SSSR count). The molecule has 1 amide bonds. The van der Waals surface area contributed by atoms with Crippen molar-refractivity contribution in [2.24, 2.45) is 0 Å². The normalized spacial score (nSPS) is 18.0. The van der Waals surface area contributed by atoms with Crippen molar-refractivity contribution in [2.75, 3.05) is 4.90 Å². The molecule has 0 N–H and O–H groups in total. The minimum atomic E-state index is -0.980. The van der Waals surface area contributed by atoms with E-state index in [0.29, 0.717) is 11.4 Å². The molecule has 5 heteroatoms. The van der Waals surface area contributed by atoms with Gasteiger partial charge in [-0.1, -0.05) is 18.2 Å². The van der Waals surface area contributed by atoms with Crippen LogP contribution >= 0.6 is 0 Å². The maximum Gasteiger partial charge on any atom is 0.268 e. The molecule has 3 nitrogen and oxygen atoms in total. The average molecular weight is 289 g/mol. The second kappa shape index (κ2) is 5.16. The first-order valence-electron chi connectivity index (χ1n) is 6.57. The van der Waals surface area contributed by atoms with Crippen LogP contribution in [0, 0.1) is 11.6 Å². The first-order chi connectivity index (χ1) is 10.1. The lowest BCUT2D eigenvalue weighted by molar-refractivity contribution is -0.124. The van der Waals surface area contributed by atoms with Crippen LogP contribution in [0.1, 0.15) is 12.5 Å². The van der Waals surface area contributed by atoms with E-state index < -0.39 is 17.7 Å². The summed E-state index contributed by atoms with van der Waals surface area (Å²) in [6, 6.07) is 10.7. The minimum absolute atomic E-state index is 0.254. The predicted octanol–water partition coefficient (Wildman–Crippen LogP) is 3.28. The second-order valence-corrected chi connectivity index (χ2v) is 4.89. The Morgan fingerprint density at radius 2 is 1.90 bits per heavy atom. The van der Waals surface area contributed by atoms with E-state index in [1.807, 2.05) is 18.2 Å².